The van der Waals surface area contributed by atoms with Gasteiger partial charge in [0, 0.05) is 13.0 Å². The number of benzene rings is 2. The van der Waals surface area contributed by atoms with Crippen LogP contribution in [0.5, 0.6) is 5.75 Å². The first kappa shape index (κ1) is 16.8. The number of phenolic OH excluding ortho intramolecular Hbond substituents is 1. The number of rotatable bonds is 4. The van der Waals surface area contributed by atoms with Crippen LogP contribution in [0.2, 0.25) is 0 Å². The van der Waals surface area contributed by atoms with Crippen molar-refractivity contribution >= 4 is 0 Å². The number of halogens is 3. The molecule has 0 amide bonds. The summed E-state index contributed by atoms with van der Waals surface area (Å²) in [6, 6.07) is 12.0. The van der Waals surface area contributed by atoms with Gasteiger partial charge in [-0.3, -0.25) is 4.90 Å². The van der Waals surface area contributed by atoms with Gasteiger partial charge in [0.15, 0.2) is 0 Å². The third kappa shape index (κ3) is 3.90. The zero-order valence-corrected chi connectivity index (χ0v) is 13.1. The fraction of sp³-hybridized carbons (Fsp3) is 0.316. The van der Waals surface area contributed by atoms with E-state index in [-0.39, 0.29) is 18.1 Å². The van der Waals surface area contributed by atoms with E-state index in [9.17, 15) is 18.3 Å². The Balaban J connectivity index is 1.60. The zero-order chi connectivity index (χ0) is 17.2. The lowest BCUT2D eigenvalue weighted by atomic mass is 9.86. The molecule has 2 aromatic rings. The van der Waals surface area contributed by atoms with Crippen LogP contribution in [0, 0.1) is 12.2 Å². The Kier molecular flexibility index (Phi) is 4.81. The van der Waals surface area contributed by atoms with E-state index in [1.807, 2.05) is 6.42 Å². The van der Waals surface area contributed by atoms with Crippen LogP contribution in [-0.4, -0.2) is 35.6 Å². The van der Waals surface area contributed by atoms with E-state index in [0.29, 0.717) is 25.1 Å². The summed E-state index contributed by atoms with van der Waals surface area (Å²) in [5.41, 5.74) is 1.38. The van der Waals surface area contributed by atoms with Crippen LogP contribution in [0.15, 0.2) is 48.5 Å². The summed E-state index contributed by atoms with van der Waals surface area (Å²) < 4.78 is 41.9. The largest absolute Gasteiger partial charge is 0.508 e. The predicted molar refractivity (Wildman–Crippen MR) is 86.7 cm³/mol. The number of phenols is 1. The van der Waals surface area contributed by atoms with Gasteiger partial charge in [0.05, 0.1) is 12.5 Å². The number of aromatic hydroxyl groups is 1. The molecular formula is C19H19F3NO. The van der Waals surface area contributed by atoms with E-state index in [4.69, 9.17) is 0 Å². The highest BCUT2D eigenvalue weighted by atomic mass is 19.3. The van der Waals surface area contributed by atoms with Gasteiger partial charge >= 0.3 is 0 Å². The van der Waals surface area contributed by atoms with E-state index in [1.165, 1.54) is 24.3 Å². The molecule has 0 bridgehead atoms. The van der Waals surface area contributed by atoms with Crippen molar-refractivity contribution in [1.29, 1.82) is 0 Å². The van der Waals surface area contributed by atoms with Gasteiger partial charge < -0.3 is 5.11 Å². The second kappa shape index (κ2) is 6.85. The van der Waals surface area contributed by atoms with E-state index in [0.717, 1.165) is 5.56 Å². The smallest absolute Gasteiger partial charge is 0.267 e. The molecule has 2 nitrogen and oxygen atoms in total. The molecule has 1 aliphatic rings. The minimum Gasteiger partial charge on any atom is -0.508 e. The average Bonchev–Trinajstić information content (AvgIpc) is 2.55. The summed E-state index contributed by atoms with van der Waals surface area (Å²) in [5.74, 6) is -3.90. The van der Waals surface area contributed by atoms with Crippen LogP contribution in [0.3, 0.4) is 0 Å². The number of piperidine rings is 1. The zero-order valence-electron chi connectivity index (χ0n) is 13.1. The molecule has 2 aromatic carbocycles. The second-order valence-electron chi connectivity index (χ2n) is 6.18. The molecule has 1 radical (unpaired) electrons. The fourth-order valence-electron chi connectivity index (χ4n) is 3.12. The summed E-state index contributed by atoms with van der Waals surface area (Å²) in [7, 11) is 0. The topological polar surface area (TPSA) is 23.5 Å². The molecule has 0 aliphatic carbocycles. The lowest BCUT2D eigenvalue weighted by Gasteiger charge is -2.38. The summed E-state index contributed by atoms with van der Waals surface area (Å²) in [6.45, 7) is 0.665. The molecule has 0 saturated carbocycles. The second-order valence-corrected chi connectivity index (χ2v) is 6.18. The van der Waals surface area contributed by atoms with Crippen LogP contribution >= 0.6 is 0 Å². The maximum atomic E-state index is 14.5. The van der Waals surface area contributed by atoms with Crippen molar-refractivity contribution in [2.75, 3.05) is 19.6 Å². The molecule has 0 unspecified atom stereocenters. The molecule has 1 aliphatic heterocycles. The number of nitrogens with zero attached hydrogens (tertiary/aromatic N) is 1. The van der Waals surface area contributed by atoms with E-state index in [2.05, 4.69) is 0 Å². The van der Waals surface area contributed by atoms with Crippen LogP contribution in [0.25, 0.3) is 0 Å². The first-order valence-electron chi connectivity index (χ1n) is 7.92. The molecule has 5 heteroatoms. The van der Waals surface area contributed by atoms with Gasteiger partial charge in [-0.05, 0) is 48.4 Å². The van der Waals surface area contributed by atoms with E-state index < -0.39 is 11.8 Å². The SMILES string of the molecule is Oc1ccc([C@@H]2CCN(C[CH]c3ccc(F)cc3)CC2(F)F)cc1. The lowest BCUT2D eigenvalue weighted by Crippen LogP contribution is -2.47. The Morgan fingerprint density at radius 2 is 1.75 bits per heavy atom. The number of likely N-dealkylation sites (tertiary alicyclic amines) is 1. The molecule has 1 heterocycles. The Hall–Kier alpha value is -2.01. The summed E-state index contributed by atoms with van der Waals surface area (Å²) >= 11 is 0. The molecular weight excluding hydrogens is 315 g/mol. The number of hydrogen-bond acceptors (Lipinski definition) is 2. The number of alkyl halides is 2. The lowest BCUT2D eigenvalue weighted by molar-refractivity contribution is -0.0806. The summed E-state index contributed by atoms with van der Waals surface area (Å²) in [4.78, 5) is 1.71. The Morgan fingerprint density at radius 3 is 2.38 bits per heavy atom. The minimum atomic E-state index is -2.83. The van der Waals surface area contributed by atoms with Crippen LogP contribution < -0.4 is 0 Å². The van der Waals surface area contributed by atoms with Crippen molar-refractivity contribution in [2.24, 2.45) is 0 Å². The van der Waals surface area contributed by atoms with Gasteiger partial charge in [0.1, 0.15) is 11.6 Å². The van der Waals surface area contributed by atoms with Gasteiger partial charge in [-0.1, -0.05) is 24.3 Å². The van der Waals surface area contributed by atoms with Crippen molar-refractivity contribution in [2.45, 2.75) is 18.3 Å². The minimum absolute atomic E-state index is 0.0772. The number of hydrogen-bond donors (Lipinski definition) is 1. The van der Waals surface area contributed by atoms with Gasteiger partial charge in [0.25, 0.3) is 5.92 Å². The van der Waals surface area contributed by atoms with Crippen LogP contribution in [0.1, 0.15) is 23.5 Å². The maximum absolute atomic E-state index is 14.5. The molecule has 1 saturated heterocycles. The summed E-state index contributed by atoms with van der Waals surface area (Å²) in [5, 5.41) is 9.30. The average molecular weight is 334 g/mol. The van der Waals surface area contributed by atoms with Crippen molar-refractivity contribution < 1.29 is 18.3 Å². The Bertz CT molecular complexity index is 670. The van der Waals surface area contributed by atoms with Crippen molar-refractivity contribution in [3.05, 3.63) is 71.9 Å². The third-order valence-electron chi connectivity index (χ3n) is 4.43. The standard InChI is InChI=1S/C19H19F3NO/c20-16-5-1-14(2-6-16)9-11-23-12-10-18(19(21,22)13-23)15-3-7-17(24)8-4-15/h1-9,18,24H,10-13H2/t18-/m0/s1. The molecule has 3 rings (SSSR count). The highest BCUT2D eigenvalue weighted by molar-refractivity contribution is 5.30. The molecule has 0 aromatic heterocycles. The van der Waals surface area contributed by atoms with Gasteiger partial charge in [-0.25, -0.2) is 13.2 Å². The van der Waals surface area contributed by atoms with Crippen molar-refractivity contribution in [3.8, 4) is 5.75 Å². The molecule has 24 heavy (non-hydrogen) atoms. The van der Waals surface area contributed by atoms with Gasteiger partial charge in [0.2, 0.25) is 0 Å². The predicted octanol–water partition coefficient (Wildman–Crippen LogP) is 4.21. The quantitative estimate of drug-likeness (QED) is 0.905. The highest BCUT2D eigenvalue weighted by Gasteiger charge is 2.44. The highest BCUT2D eigenvalue weighted by Crippen LogP contribution is 2.40. The molecule has 1 fully saturated rings. The van der Waals surface area contributed by atoms with Gasteiger partial charge in [-0.15, -0.1) is 0 Å². The molecule has 1 N–H and O–H groups in total. The fourth-order valence-corrected chi connectivity index (χ4v) is 3.12. The normalized spacial score (nSPS) is 20.9. The Morgan fingerprint density at radius 1 is 1.08 bits per heavy atom. The van der Waals surface area contributed by atoms with E-state index in [1.54, 1.807) is 29.2 Å². The third-order valence-corrected chi connectivity index (χ3v) is 4.43. The molecule has 127 valence electrons. The van der Waals surface area contributed by atoms with Crippen LogP contribution in [-0.2, 0) is 0 Å². The van der Waals surface area contributed by atoms with Crippen molar-refractivity contribution in [1.82, 2.24) is 4.90 Å². The molecule has 1 atom stereocenters. The van der Waals surface area contributed by atoms with Crippen molar-refractivity contribution in [3.63, 3.8) is 0 Å². The van der Waals surface area contributed by atoms with E-state index >= 15 is 0 Å². The van der Waals surface area contributed by atoms with Crippen LogP contribution in [0.4, 0.5) is 13.2 Å². The summed E-state index contributed by atoms with van der Waals surface area (Å²) in [6.07, 6.45) is 2.19. The molecule has 0 spiro atoms. The first-order chi connectivity index (χ1) is 11.4. The first-order valence-corrected chi connectivity index (χ1v) is 7.92. The Labute approximate surface area is 139 Å². The van der Waals surface area contributed by atoms with Gasteiger partial charge in [-0.2, -0.15) is 0 Å². The monoisotopic (exact) mass is 334 g/mol. The maximum Gasteiger partial charge on any atom is 0.267 e.